The minimum absolute atomic E-state index is 0.0381. The summed E-state index contributed by atoms with van der Waals surface area (Å²) in [6.07, 6.45) is 1.27. The summed E-state index contributed by atoms with van der Waals surface area (Å²) >= 11 is 0. The van der Waals surface area contributed by atoms with Crippen molar-refractivity contribution in [3.05, 3.63) is 65.0 Å². The molecule has 2 N–H and O–H groups in total. The molecule has 98 valence electrons. The molecule has 0 bridgehead atoms. The standard InChI is InChI=1S/C14H12F2N2O/c15-12-3-1-2-10(14(12)16)7-13(19)9-4-5-18-11(6-9)8-17/h1-6H,7-8,17H2. The molecule has 0 aliphatic rings. The van der Waals surface area contributed by atoms with E-state index in [1.165, 1.54) is 24.4 Å². The van der Waals surface area contributed by atoms with E-state index in [1.54, 1.807) is 6.07 Å². The monoisotopic (exact) mass is 262 g/mol. The fourth-order valence-electron chi connectivity index (χ4n) is 1.72. The van der Waals surface area contributed by atoms with E-state index in [1.807, 2.05) is 0 Å². The Hall–Kier alpha value is -2.14. The maximum Gasteiger partial charge on any atom is 0.167 e. The Morgan fingerprint density at radius 1 is 1.26 bits per heavy atom. The Bertz CT molecular complexity index is 614. The van der Waals surface area contributed by atoms with Gasteiger partial charge in [0, 0.05) is 24.7 Å². The van der Waals surface area contributed by atoms with E-state index < -0.39 is 11.6 Å². The molecule has 0 saturated heterocycles. The number of rotatable bonds is 4. The van der Waals surface area contributed by atoms with Crippen LogP contribution in [0.4, 0.5) is 8.78 Å². The number of halogens is 2. The number of benzene rings is 1. The topological polar surface area (TPSA) is 56.0 Å². The summed E-state index contributed by atoms with van der Waals surface area (Å²) in [5, 5.41) is 0. The highest BCUT2D eigenvalue weighted by molar-refractivity contribution is 5.97. The summed E-state index contributed by atoms with van der Waals surface area (Å²) in [4.78, 5) is 16.0. The zero-order valence-corrected chi connectivity index (χ0v) is 10.1. The van der Waals surface area contributed by atoms with Crippen molar-refractivity contribution in [3.8, 4) is 0 Å². The molecule has 0 atom stereocenters. The number of nitrogens with two attached hydrogens (primary N) is 1. The van der Waals surface area contributed by atoms with E-state index in [9.17, 15) is 13.6 Å². The lowest BCUT2D eigenvalue weighted by atomic mass is 10.0. The summed E-state index contributed by atoms with van der Waals surface area (Å²) in [5.41, 5.74) is 6.43. The number of carbonyl (C=O) groups is 1. The fraction of sp³-hybridized carbons (Fsp3) is 0.143. The summed E-state index contributed by atoms with van der Waals surface area (Å²) < 4.78 is 26.5. The van der Waals surface area contributed by atoms with Crippen LogP contribution < -0.4 is 5.73 Å². The highest BCUT2D eigenvalue weighted by atomic mass is 19.2. The van der Waals surface area contributed by atoms with Crippen molar-refractivity contribution in [2.45, 2.75) is 13.0 Å². The highest BCUT2D eigenvalue weighted by Gasteiger charge is 2.13. The lowest BCUT2D eigenvalue weighted by Gasteiger charge is -2.04. The zero-order chi connectivity index (χ0) is 13.8. The lowest BCUT2D eigenvalue weighted by molar-refractivity contribution is 0.0991. The molecular formula is C14H12F2N2O. The summed E-state index contributed by atoms with van der Waals surface area (Å²) in [5.74, 6) is -2.24. The molecule has 1 aromatic heterocycles. The third-order valence-corrected chi connectivity index (χ3v) is 2.73. The normalized spacial score (nSPS) is 10.5. The molecule has 5 heteroatoms. The minimum atomic E-state index is -0.982. The number of hydrogen-bond acceptors (Lipinski definition) is 3. The van der Waals surface area contributed by atoms with E-state index in [0.717, 1.165) is 6.07 Å². The first-order valence-electron chi connectivity index (χ1n) is 5.73. The van der Waals surface area contributed by atoms with Crippen LogP contribution >= 0.6 is 0 Å². The van der Waals surface area contributed by atoms with Crippen molar-refractivity contribution in [1.82, 2.24) is 4.98 Å². The second-order valence-corrected chi connectivity index (χ2v) is 4.05. The average molecular weight is 262 g/mol. The molecule has 3 nitrogen and oxygen atoms in total. The van der Waals surface area contributed by atoms with E-state index in [0.29, 0.717) is 11.3 Å². The predicted molar refractivity (Wildman–Crippen MR) is 66.5 cm³/mol. The van der Waals surface area contributed by atoms with Crippen molar-refractivity contribution >= 4 is 5.78 Å². The van der Waals surface area contributed by atoms with Gasteiger partial charge in [-0.3, -0.25) is 9.78 Å². The minimum Gasteiger partial charge on any atom is -0.325 e. The Morgan fingerprint density at radius 3 is 2.79 bits per heavy atom. The smallest absolute Gasteiger partial charge is 0.167 e. The van der Waals surface area contributed by atoms with Gasteiger partial charge in [0.2, 0.25) is 0 Å². The van der Waals surface area contributed by atoms with Crippen LogP contribution in [0.1, 0.15) is 21.6 Å². The van der Waals surface area contributed by atoms with Gasteiger partial charge in [-0.2, -0.15) is 0 Å². The highest BCUT2D eigenvalue weighted by Crippen LogP contribution is 2.14. The van der Waals surface area contributed by atoms with Crippen molar-refractivity contribution in [3.63, 3.8) is 0 Å². The second-order valence-electron chi connectivity index (χ2n) is 4.05. The summed E-state index contributed by atoms with van der Waals surface area (Å²) in [6, 6.07) is 6.86. The zero-order valence-electron chi connectivity index (χ0n) is 10.1. The second kappa shape index (κ2) is 5.67. The molecule has 0 aliphatic heterocycles. The maximum absolute atomic E-state index is 13.5. The number of Topliss-reactive ketones (excluding diaryl/α,β-unsaturated/α-hetero) is 1. The van der Waals surface area contributed by atoms with Crippen LogP contribution in [0.15, 0.2) is 36.5 Å². The van der Waals surface area contributed by atoms with Gasteiger partial charge in [-0.1, -0.05) is 12.1 Å². The van der Waals surface area contributed by atoms with Crippen molar-refractivity contribution in [1.29, 1.82) is 0 Å². The fourth-order valence-corrected chi connectivity index (χ4v) is 1.72. The average Bonchev–Trinajstić information content (AvgIpc) is 2.44. The molecule has 0 spiro atoms. The third-order valence-electron chi connectivity index (χ3n) is 2.73. The van der Waals surface area contributed by atoms with Gasteiger partial charge in [-0.05, 0) is 23.8 Å². The van der Waals surface area contributed by atoms with Gasteiger partial charge in [0.25, 0.3) is 0 Å². The Kier molecular flexibility index (Phi) is 3.97. The molecule has 2 rings (SSSR count). The van der Waals surface area contributed by atoms with E-state index in [-0.39, 0.29) is 24.3 Å². The summed E-state index contributed by atoms with van der Waals surface area (Å²) in [7, 11) is 0. The van der Waals surface area contributed by atoms with Gasteiger partial charge < -0.3 is 5.73 Å². The van der Waals surface area contributed by atoms with E-state index >= 15 is 0 Å². The van der Waals surface area contributed by atoms with Crippen molar-refractivity contribution < 1.29 is 13.6 Å². The Balaban J connectivity index is 2.23. The summed E-state index contributed by atoms with van der Waals surface area (Å²) in [6.45, 7) is 0.218. The van der Waals surface area contributed by atoms with Gasteiger partial charge in [0.15, 0.2) is 17.4 Å². The van der Waals surface area contributed by atoms with Gasteiger partial charge in [0.05, 0.1) is 5.69 Å². The number of carbonyl (C=O) groups excluding carboxylic acids is 1. The maximum atomic E-state index is 13.5. The number of aromatic nitrogens is 1. The Morgan fingerprint density at radius 2 is 2.05 bits per heavy atom. The van der Waals surface area contributed by atoms with Crippen LogP contribution in [-0.4, -0.2) is 10.8 Å². The molecule has 0 unspecified atom stereocenters. The van der Waals surface area contributed by atoms with Gasteiger partial charge >= 0.3 is 0 Å². The first kappa shape index (κ1) is 13.3. The molecule has 0 aliphatic carbocycles. The quantitative estimate of drug-likeness (QED) is 0.860. The molecule has 0 saturated carbocycles. The van der Waals surface area contributed by atoms with Crippen LogP contribution in [0.25, 0.3) is 0 Å². The molecule has 1 heterocycles. The number of nitrogens with zero attached hydrogens (tertiary/aromatic N) is 1. The number of pyridine rings is 1. The van der Waals surface area contributed by atoms with Crippen LogP contribution in [0.5, 0.6) is 0 Å². The molecule has 19 heavy (non-hydrogen) atoms. The molecule has 2 aromatic rings. The van der Waals surface area contributed by atoms with Gasteiger partial charge in [-0.25, -0.2) is 8.78 Å². The molecule has 0 radical (unpaired) electrons. The first-order chi connectivity index (χ1) is 9.11. The van der Waals surface area contributed by atoms with Crippen LogP contribution in [0.2, 0.25) is 0 Å². The Labute approximate surface area is 109 Å². The lowest BCUT2D eigenvalue weighted by Crippen LogP contribution is -2.08. The van der Waals surface area contributed by atoms with Gasteiger partial charge in [-0.15, -0.1) is 0 Å². The molecular weight excluding hydrogens is 250 g/mol. The largest absolute Gasteiger partial charge is 0.325 e. The van der Waals surface area contributed by atoms with Crippen LogP contribution in [-0.2, 0) is 13.0 Å². The molecule has 1 aromatic carbocycles. The van der Waals surface area contributed by atoms with Crippen molar-refractivity contribution in [2.24, 2.45) is 5.73 Å². The van der Waals surface area contributed by atoms with Gasteiger partial charge in [0.1, 0.15) is 0 Å². The SMILES string of the molecule is NCc1cc(C(=O)Cc2cccc(F)c2F)ccn1. The predicted octanol–water partition coefficient (Wildman–Crippen LogP) is 2.24. The number of hydrogen-bond donors (Lipinski definition) is 1. The van der Waals surface area contributed by atoms with E-state index in [4.69, 9.17) is 5.73 Å². The van der Waals surface area contributed by atoms with Crippen molar-refractivity contribution in [2.75, 3.05) is 0 Å². The molecule has 0 amide bonds. The van der Waals surface area contributed by atoms with Crippen LogP contribution in [0.3, 0.4) is 0 Å². The number of ketones is 1. The van der Waals surface area contributed by atoms with E-state index in [2.05, 4.69) is 4.98 Å². The van der Waals surface area contributed by atoms with Crippen LogP contribution in [0, 0.1) is 11.6 Å². The third kappa shape index (κ3) is 3.00. The first-order valence-corrected chi connectivity index (χ1v) is 5.73. The molecule has 0 fully saturated rings.